The number of benzene rings is 1. The minimum absolute atomic E-state index is 0.286. The van der Waals surface area contributed by atoms with Crippen molar-refractivity contribution < 1.29 is 9.47 Å². The zero-order valence-electron chi connectivity index (χ0n) is 13.5. The molecule has 122 valence electrons. The van der Waals surface area contributed by atoms with Gasteiger partial charge >= 0.3 is 0 Å². The highest BCUT2D eigenvalue weighted by Crippen LogP contribution is 2.32. The van der Waals surface area contributed by atoms with E-state index >= 15 is 0 Å². The van der Waals surface area contributed by atoms with Gasteiger partial charge in [-0.25, -0.2) is 4.98 Å². The van der Waals surface area contributed by atoms with Crippen molar-refractivity contribution in [3.8, 4) is 10.6 Å². The van der Waals surface area contributed by atoms with Crippen molar-refractivity contribution in [3.63, 3.8) is 0 Å². The van der Waals surface area contributed by atoms with Crippen LogP contribution in [-0.4, -0.2) is 42.0 Å². The van der Waals surface area contributed by atoms with Crippen LogP contribution in [0.5, 0.6) is 0 Å². The molecular formula is C18H22N2O2S. The minimum atomic E-state index is -0.286. The first-order valence-electron chi connectivity index (χ1n) is 8.24. The van der Waals surface area contributed by atoms with Crippen LogP contribution in [0.3, 0.4) is 0 Å². The number of thiazole rings is 1. The first-order valence-corrected chi connectivity index (χ1v) is 9.12. The molecule has 0 atom stereocenters. The summed E-state index contributed by atoms with van der Waals surface area (Å²) in [6.07, 6.45) is 1.92. The van der Waals surface area contributed by atoms with Crippen molar-refractivity contribution in [2.45, 2.75) is 32.1 Å². The third-order valence-electron chi connectivity index (χ3n) is 4.63. The highest BCUT2D eigenvalue weighted by Gasteiger charge is 2.39. The van der Waals surface area contributed by atoms with E-state index in [9.17, 15) is 0 Å². The van der Waals surface area contributed by atoms with Gasteiger partial charge in [-0.15, -0.1) is 11.3 Å². The van der Waals surface area contributed by atoms with E-state index in [1.165, 1.54) is 11.1 Å². The Balaban J connectivity index is 1.39. The molecule has 3 heterocycles. The van der Waals surface area contributed by atoms with Gasteiger partial charge in [0.15, 0.2) is 5.79 Å². The van der Waals surface area contributed by atoms with E-state index in [4.69, 9.17) is 14.5 Å². The molecular weight excluding hydrogens is 308 g/mol. The number of likely N-dealkylation sites (tertiary alicyclic amines) is 1. The predicted octanol–water partition coefficient (Wildman–Crippen LogP) is 3.46. The fourth-order valence-electron chi connectivity index (χ4n) is 3.36. The van der Waals surface area contributed by atoms with Gasteiger partial charge in [-0.1, -0.05) is 23.8 Å². The maximum Gasteiger partial charge on any atom is 0.170 e. The Labute approximate surface area is 141 Å². The van der Waals surface area contributed by atoms with Gasteiger partial charge < -0.3 is 9.47 Å². The maximum absolute atomic E-state index is 5.79. The number of rotatable bonds is 3. The quantitative estimate of drug-likeness (QED) is 0.863. The summed E-state index contributed by atoms with van der Waals surface area (Å²) >= 11 is 1.73. The molecule has 23 heavy (non-hydrogen) atoms. The highest BCUT2D eigenvalue weighted by atomic mass is 32.1. The van der Waals surface area contributed by atoms with Gasteiger partial charge in [0.2, 0.25) is 0 Å². The van der Waals surface area contributed by atoms with Crippen LogP contribution in [0.2, 0.25) is 0 Å². The minimum Gasteiger partial charge on any atom is -0.347 e. The van der Waals surface area contributed by atoms with Crippen LogP contribution in [0.25, 0.3) is 10.6 Å². The summed E-state index contributed by atoms with van der Waals surface area (Å²) in [4.78, 5) is 7.27. The lowest BCUT2D eigenvalue weighted by molar-refractivity contribution is -0.185. The molecule has 2 aromatic rings. The van der Waals surface area contributed by atoms with Crippen molar-refractivity contribution in [1.82, 2.24) is 9.88 Å². The van der Waals surface area contributed by atoms with Gasteiger partial charge in [0.25, 0.3) is 0 Å². The lowest BCUT2D eigenvalue weighted by atomic mass is 10.0. The van der Waals surface area contributed by atoms with Crippen LogP contribution in [-0.2, 0) is 16.0 Å². The SMILES string of the molecule is Cc1cccc(-c2nc(CN3CCC4(CC3)OCCO4)cs2)c1. The molecule has 2 fully saturated rings. The smallest absolute Gasteiger partial charge is 0.170 e. The van der Waals surface area contributed by atoms with Crippen LogP contribution in [0.1, 0.15) is 24.1 Å². The Hall–Kier alpha value is -1.27. The molecule has 0 amide bonds. The molecule has 0 radical (unpaired) electrons. The average molecular weight is 330 g/mol. The van der Waals surface area contributed by atoms with Crippen LogP contribution >= 0.6 is 11.3 Å². The van der Waals surface area contributed by atoms with Crippen molar-refractivity contribution in [2.24, 2.45) is 0 Å². The monoisotopic (exact) mass is 330 g/mol. The van der Waals surface area contributed by atoms with Crippen molar-refractivity contribution in [1.29, 1.82) is 0 Å². The van der Waals surface area contributed by atoms with Gasteiger partial charge in [0, 0.05) is 43.4 Å². The number of aromatic nitrogens is 1. The molecule has 0 unspecified atom stereocenters. The van der Waals surface area contributed by atoms with E-state index in [0.717, 1.165) is 56.4 Å². The van der Waals surface area contributed by atoms with Gasteiger partial charge in [-0.05, 0) is 13.0 Å². The summed E-state index contributed by atoms with van der Waals surface area (Å²) in [6.45, 7) is 6.54. The number of nitrogens with zero attached hydrogens (tertiary/aromatic N) is 2. The molecule has 2 aliphatic rings. The highest BCUT2D eigenvalue weighted by molar-refractivity contribution is 7.13. The van der Waals surface area contributed by atoms with Gasteiger partial charge in [-0.3, -0.25) is 4.90 Å². The fourth-order valence-corrected chi connectivity index (χ4v) is 4.16. The van der Waals surface area contributed by atoms with Crippen molar-refractivity contribution >= 4 is 11.3 Å². The number of piperidine rings is 1. The zero-order chi connectivity index (χ0) is 15.7. The Morgan fingerprint density at radius 2 is 2.00 bits per heavy atom. The topological polar surface area (TPSA) is 34.6 Å². The molecule has 2 aliphatic heterocycles. The molecule has 0 aliphatic carbocycles. The molecule has 2 saturated heterocycles. The summed E-state index contributed by atoms with van der Waals surface area (Å²) in [5.74, 6) is -0.286. The molecule has 0 N–H and O–H groups in total. The number of aryl methyl sites for hydroxylation is 1. The van der Waals surface area contributed by atoms with Crippen LogP contribution in [0.4, 0.5) is 0 Å². The Morgan fingerprint density at radius 3 is 2.74 bits per heavy atom. The van der Waals surface area contributed by atoms with Crippen LogP contribution < -0.4 is 0 Å². The number of hydrogen-bond donors (Lipinski definition) is 0. The molecule has 0 saturated carbocycles. The molecule has 4 rings (SSSR count). The largest absolute Gasteiger partial charge is 0.347 e. The average Bonchev–Trinajstić information content (AvgIpc) is 3.20. The summed E-state index contributed by atoms with van der Waals surface area (Å²) in [5, 5.41) is 3.30. The maximum atomic E-state index is 5.79. The summed E-state index contributed by atoms with van der Waals surface area (Å²) in [6, 6.07) is 8.54. The first kappa shape index (κ1) is 15.3. The van der Waals surface area contributed by atoms with E-state index in [2.05, 4.69) is 41.5 Å². The van der Waals surface area contributed by atoms with Gasteiger partial charge in [0.05, 0.1) is 18.9 Å². The third kappa shape index (κ3) is 3.33. The third-order valence-corrected chi connectivity index (χ3v) is 5.57. The van der Waals surface area contributed by atoms with E-state index in [1.807, 2.05) is 0 Å². The molecule has 0 bridgehead atoms. The molecule has 1 aromatic carbocycles. The second kappa shape index (κ2) is 6.32. The number of ether oxygens (including phenoxy) is 2. The van der Waals surface area contributed by atoms with Crippen molar-refractivity contribution in [3.05, 3.63) is 40.9 Å². The Kier molecular flexibility index (Phi) is 4.20. The van der Waals surface area contributed by atoms with E-state index in [1.54, 1.807) is 11.3 Å². The second-order valence-corrected chi connectivity index (χ2v) is 7.26. The number of hydrogen-bond acceptors (Lipinski definition) is 5. The summed E-state index contributed by atoms with van der Waals surface area (Å²) < 4.78 is 11.6. The first-order chi connectivity index (χ1) is 11.2. The summed E-state index contributed by atoms with van der Waals surface area (Å²) in [5.41, 5.74) is 3.65. The molecule has 1 aromatic heterocycles. The van der Waals surface area contributed by atoms with E-state index < -0.39 is 0 Å². The lowest BCUT2D eigenvalue weighted by Gasteiger charge is -2.37. The van der Waals surface area contributed by atoms with Crippen LogP contribution in [0, 0.1) is 6.92 Å². The van der Waals surface area contributed by atoms with Gasteiger partial charge in [0.1, 0.15) is 5.01 Å². The zero-order valence-corrected chi connectivity index (χ0v) is 14.3. The second-order valence-electron chi connectivity index (χ2n) is 6.40. The van der Waals surface area contributed by atoms with Crippen molar-refractivity contribution in [2.75, 3.05) is 26.3 Å². The van der Waals surface area contributed by atoms with Crippen LogP contribution in [0.15, 0.2) is 29.6 Å². The van der Waals surface area contributed by atoms with E-state index in [-0.39, 0.29) is 5.79 Å². The van der Waals surface area contributed by atoms with Gasteiger partial charge in [-0.2, -0.15) is 0 Å². The predicted molar refractivity (Wildman–Crippen MR) is 91.4 cm³/mol. The Bertz CT molecular complexity index is 669. The fraction of sp³-hybridized carbons (Fsp3) is 0.500. The molecule has 1 spiro atoms. The molecule has 5 heteroatoms. The normalized spacial score (nSPS) is 21.1. The lowest BCUT2D eigenvalue weighted by Crippen LogP contribution is -2.44. The Morgan fingerprint density at radius 1 is 1.22 bits per heavy atom. The van der Waals surface area contributed by atoms with E-state index in [0.29, 0.717) is 0 Å². The standard InChI is InChI=1S/C18H22N2O2S/c1-14-3-2-4-15(11-14)17-19-16(13-23-17)12-20-7-5-18(6-8-20)21-9-10-22-18/h2-4,11,13H,5-10,12H2,1H3. The summed E-state index contributed by atoms with van der Waals surface area (Å²) in [7, 11) is 0. The molecule has 4 nitrogen and oxygen atoms in total.